The summed E-state index contributed by atoms with van der Waals surface area (Å²) in [4.78, 5) is 25.6. The van der Waals surface area contributed by atoms with E-state index in [4.69, 9.17) is 11.6 Å². The van der Waals surface area contributed by atoms with Crippen molar-refractivity contribution in [3.63, 3.8) is 0 Å². The Labute approximate surface area is 162 Å². The Bertz CT molecular complexity index is 1070. The lowest BCUT2D eigenvalue weighted by Crippen LogP contribution is -2.28. The molecule has 136 valence electrons. The third kappa shape index (κ3) is 3.04. The van der Waals surface area contributed by atoms with E-state index in [1.54, 1.807) is 22.9 Å². The molecule has 1 N–H and O–H groups in total. The molecule has 0 saturated heterocycles. The van der Waals surface area contributed by atoms with Gasteiger partial charge in [-0.2, -0.15) is 5.10 Å². The van der Waals surface area contributed by atoms with Gasteiger partial charge in [-0.1, -0.05) is 41.9 Å². The number of halogens is 1. The van der Waals surface area contributed by atoms with Gasteiger partial charge in [0.2, 0.25) is 5.91 Å². The quantitative estimate of drug-likeness (QED) is 0.684. The van der Waals surface area contributed by atoms with Crippen LogP contribution in [-0.2, 0) is 4.79 Å². The van der Waals surface area contributed by atoms with Crippen LogP contribution in [0, 0.1) is 13.8 Å². The first kappa shape index (κ1) is 17.5. The van der Waals surface area contributed by atoms with Gasteiger partial charge in [-0.25, -0.2) is 4.68 Å². The van der Waals surface area contributed by atoms with Crippen molar-refractivity contribution in [2.75, 3.05) is 5.32 Å². The maximum atomic E-state index is 13.2. The number of amides is 1. The van der Waals surface area contributed by atoms with Crippen molar-refractivity contribution in [1.29, 1.82) is 0 Å². The molecule has 6 heteroatoms. The molecular formula is C21H18ClN3O2. The number of aryl methyl sites for hydroxylation is 2. The molecule has 0 aliphatic carbocycles. The summed E-state index contributed by atoms with van der Waals surface area (Å²) in [5.41, 5.74) is 3.75. The number of benzene rings is 2. The monoisotopic (exact) mass is 379 g/mol. The van der Waals surface area contributed by atoms with Gasteiger partial charge >= 0.3 is 0 Å². The molecular weight excluding hydrogens is 362 g/mol. The van der Waals surface area contributed by atoms with Crippen molar-refractivity contribution < 1.29 is 9.59 Å². The summed E-state index contributed by atoms with van der Waals surface area (Å²) in [6, 6.07) is 14.7. The zero-order chi connectivity index (χ0) is 19.1. The Hall–Kier alpha value is -2.92. The lowest BCUT2D eigenvalue weighted by Gasteiger charge is -2.23. The Kier molecular flexibility index (Phi) is 4.32. The van der Waals surface area contributed by atoms with Crippen LogP contribution in [0.2, 0.25) is 5.02 Å². The fraction of sp³-hybridized carbons (Fsp3) is 0.190. The average Bonchev–Trinajstić information content (AvgIpc) is 2.97. The van der Waals surface area contributed by atoms with Gasteiger partial charge in [0, 0.05) is 22.6 Å². The largest absolute Gasteiger partial charge is 0.310 e. The number of hydrogen-bond acceptors (Lipinski definition) is 3. The number of nitrogens with one attached hydrogen (secondary N) is 1. The van der Waals surface area contributed by atoms with Crippen LogP contribution in [0.15, 0.2) is 48.5 Å². The molecule has 5 nitrogen and oxygen atoms in total. The summed E-state index contributed by atoms with van der Waals surface area (Å²) in [5, 5.41) is 8.04. The summed E-state index contributed by atoms with van der Waals surface area (Å²) in [7, 11) is 0. The van der Waals surface area contributed by atoms with Gasteiger partial charge in [0.05, 0.1) is 17.3 Å². The van der Waals surface area contributed by atoms with Gasteiger partial charge in [0.25, 0.3) is 0 Å². The first-order valence-electron chi connectivity index (χ1n) is 8.71. The van der Waals surface area contributed by atoms with E-state index in [2.05, 4.69) is 10.4 Å². The highest BCUT2D eigenvalue weighted by molar-refractivity contribution is 6.30. The van der Waals surface area contributed by atoms with E-state index in [9.17, 15) is 9.59 Å². The van der Waals surface area contributed by atoms with E-state index in [1.165, 1.54) is 0 Å². The van der Waals surface area contributed by atoms with Crippen molar-refractivity contribution in [2.45, 2.75) is 26.2 Å². The molecule has 0 radical (unpaired) electrons. The minimum Gasteiger partial charge on any atom is -0.310 e. The molecule has 0 fully saturated rings. The second-order valence-corrected chi connectivity index (χ2v) is 7.16. The second-order valence-electron chi connectivity index (χ2n) is 6.72. The van der Waals surface area contributed by atoms with E-state index in [0.717, 1.165) is 22.5 Å². The molecule has 0 spiro atoms. The van der Waals surface area contributed by atoms with E-state index < -0.39 is 5.92 Å². The molecule has 1 amide bonds. The van der Waals surface area contributed by atoms with Crippen molar-refractivity contribution in [3.05, 3.63) is 75.9 Å². The Morgan fingerprint density at radius 3 is 2.70 bits per heavy atom. The summed E-state index contributed by atoms with van der Waals surface area (Å²) >= 11 is 6.11. The highest BCUT2D eigenvalue weighted by Gasteiger charge is 2.36. The molecule has 1 aliphatic heterocycles. The lowest BCUT2D eigenvalue weighted by atomic mass is 9.84. The van der Waals surface area contributed by atoms with E-state index >= 15 is 0 Å². The number of carbonyl (C=O) groups is 2. The van der Waals surface area contributed by atoms with Crippen LogP contribution >= 0.6 is 11.6 Å². The summed E-state index contributed by atoms with van der Waals surface area (Å²) in [5.74, 6) is -0.267. The third-order valence-corrected chi connectivity index (χ3v) is 5.12. The molecule has 0 saturated carbocycles. The van der Waals surface area contributed by atoms with Crippen LogP contribution in [0.5, 0.6) is 0 Å². The van der Waals surface area contributed by atoms with E-state index in [1.807, 2.05) is 44.2 Å². The summed E-state index contributed by atoms with van der Waals surface area (Å²) < 4.78 is 1.64. The van der Waals surface area contributed by atoms with Crippen LogP contribution < -0.4 is 5.32 Å². The van der Waals surface area contributed by atoms with Gasteiger partial charge < -0.3 is 5.32 Å². The van der Waals surface area contributed by atoms with Crippen molar-refractivity contribution >= 4 is 29.1 Å². The van der Waals surface area contributed by atoms with Crippen molar-refractivity contribution in [3.8, 4) is 5.69 Å². The van der Waals surface area contributed by atoms with E-state index in [-0.39, 0.29) is 18.1 Å². The fourth-order valence-corrected chi connectivity index (χ4v) is 3.79. The fourth-order valence-electron chi connectivity index (χ4n) is 3.60. The smallest absolute Gasteiger partial charge is 0.226 e. The number of nitrogens with zero attached hydrogens (tertiary/aromatic N) is 2. The van der Waals surface area contributed by atoms with Gasteiger partial charge in [0.1, 0.15) is 5.82 Å². The molecule has 27 heavy (non-hydrogen) atoms. The molecule has 2 aromatic carbocycles. The van der Waals surface area contributed by atoms with Crippen LogP contribution in [0.1, 0.15) is 39.5 Å². The zero-order valence-corrected chi connectivity index (χ0v) is 15.7. The number of carbonyl (C=O) groups excluding carboxylic acids is 2. The Balaban J connectivity index is 1.85. The number of Topliss-reactive ketones (excluding diaryl/α,β-unsaturated/α-hetero) is 1. The Morgan fingerprint density at radius 2 is 1.96 bits per heavy atom. The maximum Gasteiger partial charge on any atom is 0.226 e. The second kappa shape index (κ2) is 6.67. The van der Waals surface area contributed by atoms with Gasteiger partial charge in [-0.3, -0.25) is 9.59 Å². The predicted octanol–water partition coefficient (Wildman–Crippen LogP) is 4.45. The predicted molar refractivity (Wildman–Crippen MR) is 105 cm³/mol. The average molecular weight is 380 g/mol. The molecule has 0 bridgehead atoms. The van der Waals surface area contributed by atoms with E-state index in [0.29, 0.717) is 16.4 Å². The SMILES string of the molecule is Cc1ccccc1C(=O)[C@@H]1CC(=O)Nc2c1c(C)nn2-c1cccc(Cl)c1. The van der Waals surface area contributed by atoms with Crippen LogP contribution in [0.3, 0.4) is 0 Å². The lowest BCUT2D eigenvalue weighted by molar-refractivity contribution is -0.116. The molecule has 0 unspecified atom stereocenters. The molecule has 1 atom stereocenters. The number of anilines is 1. The first-order valence-corrected chi connectivity index (χ1v) is 9.08. The highest BCUT2D eigenvalue weighted by Crippen LogP contribution is 2.38. The van der Waals surface area contributed by atoms with Crippen molar-refractivity contribution in [1.82, 2.24) is 9.78 Å². The molecule has 1 aromatic heterocycles. The normalized spacial score (nSPS) is 16.0. The minimum absolute atomic E-state index is 0.0575. The summed E-state index contributed by atoms with van der Waals surface area (Å²) in [6.07, 6.45) is 0.113. The van der Waals surface area contributed by atoms with Crippen LogP contribution in [0.25, 0.3) is 5.69 Å². The zero-order valence-electron chi connectivity index (χ0n) is 15.0. The third-order valence-electron chi connectivity index (χ3n) is 4.88. The molecule has 4 rings (SSSR count). The molecule has 3 aromatic rings. The van der Waals surface area contributed by atoms with Gasteiger partial charge in [-0.05, 0) is 37.6 Å². The number of fused-ring (bicyclic) bond motifs is 1. The molecule has 2 heterocycles. The number of ketones is 1. The van der Waals surface area contributed by atoms with Crippen LogP contribution in [0.4, 0.5) is 5.82 Å². The number of rotatable bonds is 3. The molecule has 1 aliphatic rings. The van der Waals surface area contributed by atoms with Gasteiger partial charge in [-0.15, -0.1) is 0 Å². The first-order chi connectivity index (χ1) is 13.0. The van der Waals surface area contributed by atoms with Crippen LogP contribution in [-0.4, -0.2) is 21.5 Å². The maximum absolute atomic E-state index is 13.2. The number of aromatic nitrogens is 2. The van der Waals surface area contributed by atoms with Gasteiger partial charge in [0.15, 0.2) is 5.78 Å². The van der Waals surface area contributed by atoms with Crippen molar-refractivity contribution in [2.24, 2.45) is 0 Å². The Morgan fingerprint density at radius 1 is 1.19 bits per heavy atom. The summed E-state index contributed by atoms with van der Waals surface area (Å²) in [6.45, 7) is 3.76. The standard InChI is InChI=1S/C21H18ClN3O2/c1-12-6-3-4-9-16(12)20(27)17-11-18(26)23-21-19(17)13(2)24-25(21)15-8-5-7-14(22)10-15/h3-10,17H,11H2,1-2H3,(H,23,26)/t17-/m1/s1. The number of hydrogen-bond donors (Lipinski definition) is 1. The highest BCUT2D eigenvalue weighted by atomic mass is 35.5. The topological polar surface area (TPSA) is 64.0 Å². The minimum atomic E-state index is -0.553.